The first-order chi connectivity index (χ1) is 10.2. The van der Waals surface area contributed by atoms with Gasteiger partial charge in [-0.15, -0.1) is 0 Å². The van der Waals surface area contributed by atoms with Gasteiger partial charge < -0.3 is 20.1 Å². The molecule has 1 saturated heterocycles. The second-order valence-electron chi connectivity index (χ2n) is 5.69. The van der Waals surface area contributed by atoms with Crippen LogP contribution in [0, 0.1) is 0 Å². The van der Waals surface area contributed by atoms with Crippen LogP contribution in [0.15, 0.2) is 18.2 Å². The van der Waals surface area contributed by atoms with Crippen LogP contribution in [0.5, 0.6) is 5.75 Å². The summed E-state index contributed by atoms with van der Waals surface area (Å²) in [6, 6.07) is 6.09. The molecule has 0 bridgehead atoms. The molecule has 2 aliphatic rings. The van der Waals surface area contributed by atoms with E-state index in [1.54, 1.807) is 7.11 Å². The molecule has 1 aromatic rings. The summed E-state index contributed by atoms with van der Waals surface area (Å²) in [5, 5.41) is 0. The number of likely N-dealkylation sites (tertiary alicyclic amines) is 1. The minimum Gasteiger partial charge on any atom is -0.493 e. The second-order valence-corrected chi connectivity index (χ2v) is 5.69. The van der Waals surface area contributed by atoms with Crippen LogP contribution < -0.4 is 10.5 Å². The zero-order valence-corrected chi connectivity index (χ0v) is 12.4. The first-order valence-electron chi connectivity index (χ1n) is 7.50. The summed E-state index contributed by atoms with van der Waals surface area (Å²) in [4.78, 5) is 14.1. The zero-order chi connectivity index (χ0) is 14.8. The van der Waals surface area contributed by atoms with Crippen molar-refractivity contribution in [2.75, 3.05) is 26.9 Å². The number of carbonyl (C=O) groups is 1. The first-order valence-corrected chi connectivity index (χ1v) is 7.50. The van der Waals surface area contributed by atoms with Crippen molar-refractivity contribution in [3.05, 3.63) is 29.3 Å². The summed E-state index contributed by atoms with van der Waals surface area (Å²) in [5.41, 5.74) is 8.63. The smallest absolute Gasteiger partial charge is 0.223 e. The van der Waals surface area contributed by atoms with Crippen molar-refractivity contribution >= 4 is 5.91 Å². The molecule has 1 aromatic carbocycles. The quantitative estimate of drug-likeness (QED) is 0.906. The highest BCUT2D eigenvalue weighted by Gasteiger charge is 2.35. The summed E-state index contributed by atoms with van der Waals surface area (Å²) in [6.07, 6.45) is 2.19. The van der Waals surface area contributed by atoms with Crippen LogP contribution in [-0.2, 0) is 16.0 Å². The summed E-state index contributed by atoms with van der Waals surface area (Å²) in [6.45, 7) is 1.85. The van der Waals surface area contributed by atoms with E-state index in [9.17, 15) is 4.79 Å². The lowest BCUT2D eigenvalue weighted by atomic mass is 9.89. The lowest BCUT2D eigenvalue weighted by molar-refractivity contribution is -0.138. The number of benzene rings is 1. The number of amides is 1. The van der Waals surface area contributed by atoms with Gasteiger partial charge >= 0.3 is 0 Å². The largest absolute Gasteiger partial charge is 0.493 e. The van der Waals surface area contributed by atoms with Gasteiger partial charge in [0.05, 0.1) is 19.3 Å². The van der Waals surface area contributed by atoms with Crippen molar-refractivity contribution in [3.8, 4) is 5.75 Å². The molecule has 2 unspecified atom stereocenters. The SMILES string of the molecule is COCCN1C(=O)CCC(N)C1c1ccc2c(c1)CCO2. The average Bonchev–Trinajstić information content (AvgIpc) is 2.95. The minimum atomic E-state index is -0.0627. The fourth-order valence-electron chi connectivity index (χ4n) is 3.25. The molecule has 5 heteroatoms. The Morgan fingerprint density at radius 2 is 2.29 bits per heavy atom. The Balaban J connectivity index is 1.89. The van der Waals surface area contributed by atoms with E-state index in [1.807, 2.05) is 17.0 Å². The van der Waals surface area contributed by atoms with E-state index in [-0.39, 0.29) is 18.0 Å². The van der Waals surface area contributed by atoms with Crippen molar-refractivity contribution in [3.63, 3.8) is 0 Å². The van der Waals surface area contributed by atoms with Gasteiger partial charge in [-0.05, 0) is 29.7 Å². The minimum absolute atomic E-state index is 0.0278. The van der Waals surface area contributed by atoms with Gasteiger partial charge in [-0.25, -0.2) is 0 Å². The molecule has 3 rings (SSSR count). The van der Waals surface area contributed by atoms with Gasteiger partial charge in [0, 0.05) is 32.5 Å². The molecule has 21 heavy (non-hydrogen) atoms. The summed E-state index contributed by atoms with van der Waals surface area (Å²) in [5.74, 6) is 1.12. The van der Waals surface area contributed by atoms with E-state index in [0.29, 0.717) is 19.6 Å². The number of nitrogens with two attached hydrogens (primary N) is 1. The third kappa shape index (κ3) is 2.76. The molecule has 2 aliphatic heterocycles. The Morgan fingerprint density at radius 3 is 3.10 bits per heavy atom. The fourth-order valence-corrected chi connectivity index (χ4v) is 3.25. The van der Waals surface area contributed by atoms with E-state index in [4.69, 9.17) is 15.2 Å². The third-order valence-electron chi connectivity index (χ3n) is 4.34. The zero-order valence-electron chi connectivity index (χ0n) is 12.4. The van der Waals surface area contributed by atoms with Gasteiger partial charge in [-0.1, -0.05) is 6.07 Å². The van der Waals surface area contributed by atoms with Gasteiger partial charge in [0.15, 0.2) is 0 Å². The normalized spacial score (nSPS) is 24.9. The van der Waals surface area contributed by atoms with Gasteiger partial charge in [-0.3, -0.25) is 4.79 Å². The topological polar surface area (TPSA) is 64.8 Å². The van der Waals surface area contributed by atoms with Crippen LogP contribution in [-0.4, -0.2) is 43.7 Å². The van der Waals surface area contributed by atoms with E-state index in [1.165, 1.54) is 5.56 Å². The molecule has 1 fully saturated rings. The number of fused-ring (bicyclic) bond motifs is 1. The molecule has 0 saturated carbocycles. The number of carbonyl (C=O) groups excluding carboxylic acids is 1. The Kier molecular flexibility index (Phi) is 4.12. The monoisotopic (exact) mass is 290 g/mol. The summed E-state index contributed by atoms with van der Waals surface area (Å²) in [7, 11) is 1.65. The van der Waals surface area contributed by atoms with Crippen molar-refractivity contribution < 1.29 is 14.3 Å². The fraction of sp³-hybridized carbons (Fsp3) is 0.562. The van der Waals surface area contributed by atoms with Crippen LogP contribution in [0.25, 0.3) is 0 Å². The average molecular weight is 290 g/mol. The molecule has 2 N–H and O–H groups in total. The highest BCUT2D eigenvalue weighted by molar-refractivity contribution is 5.78. The van der Waals surface area contributed by atoms with E-state index >= 15 is 0 Å². The molecule has 2 atom stereocenters. The molecule has 114 valence electrons. The summed E-state index contributed by atoms with van der Waals surface area (Å²) < 4.78 is 10.7. The van der Waals surface area contributed by atoms with E-state index in [2.05, 4.69) is 6.07 Å². The predicted octanol–water partition coefficient (Wildman–Crippen LogP) is 1.26. The van der Waals surface area contributed by atoms with Crippen LogP contribution >= 0.6 is 0 Å². The Bertz CT molecular complexity index is 532. The lowest BCUT2D eigenvalue weighted by Gasteiger charge is -2.40. The maximum atomic E-state index is 12.3. The molecule has 0 radical (unpaired) electrons. The van der Waals surface area contributed by atoms with E-state index < -0.39 is 0 Å². The molecule has 1 amide bonds. The van der Waals surface area contributed by atoms with Gasteiger partial charge in [0.2, 0.25) is 5.91 Å². The number of ether oxygens (including phenoxy) is 2. The molecule has 2 heterocycles. The number of hydrogen-bond acceptors (Lipinski definition) is 4. The molecule has 0 aliphatic carbocycles. The van der Waals surface area contributed by atoms with Crippen molar-refractivity contribution in [1.82, 2.24) is 4.90 Å². The van der Waals surface area contributed by atoms with Crippen LogP contribution in [0.4, 0.5) is 0 Å². The first kappa shape index (κ1) is 14.4. The number of methoxy groups -OCH3 is 1. The van der Waals surface area contributed by atoms with Crippen LogP contribution in [0.1, 0.15) is 30.0 Å². The molecular weight excluding hydrogens is 268 g/mol. The maximum Gasteiger partial charge on any atom is 0.223 e. The lowest BCUT2D eigenvalue weighted by Crippen LogP contribution is -2.49. The predicted molar refractivity (Wildman–Crippen MR) is 79.2 cm³/mol. The van der Waals surface area contributed by atoms with Crippen LogP contribution in [0.3, 0.4) is 0 Å². The van der Waals surface area contributed by atoms with Gasteiger partial charge in [0.25, 0.3) is 0 Å². The third-order valence-corrected chi connectivity index (χ3v) is 4.34. The van der Waals surface area contributed by atoms with E-state index in [0.717, 1.165) is 30.8 Å². The molecule has 0 spiro atoms. The Hall–Kier alpha value is -1.59. The van der Waals surface area contributed by atoms with Crippen molar-refractivity contribution in [1.29, 1.82) is 0 Å². The second kappa shape index (κ2) is 6.03. The van der Waals surface area contributed by atoms with Gasteiger partial charge in [-0.2, -0.15) is 0 Å². The summed E-state index contributed by atoms with van der Waals surface area (Å²) >= 11 is 0. The standard InChI is InChI=1S/C16H22N2O3/c1-20-9-7-18-15(19)5-3-13(17)16(18)12-2-4-14-11(10-12)6-8-21-14/h2,4,10,13,16H,3,5-9,17H2,1H3. The number of piperidine rings is 1. The highest BCUT2D eigenvalue weighted by Crippen LogP contribution is 2.34. The number of rotatable bonds is 4. The Morgan fingerprint density at radius 1 is 1.43 bits per heavy atom. The molecular formula is C16H22N2O3. The molecule has 0 aromatic heterocycles. The maximum absolute atomic E-state index is 12.3. The van der Waals surface area contributed by atoms with Crippen molar-refractivity contribution in [2.45, 2.75) is 31.3 Å². The number of hydrogen-bond donors (Lipinski definition) is 1. The number of nitrogens with zero attached hydrogens (tertiary/aromatic N) is 1. The highest BCUT2D eigenvalue weighted by atomic mass is 16.5. The molecule has 5 nitrogen and oxygen atoms in total. The Labute approximate surface area is 125 Å². The van der Waals surface area contributed by atoms with Gasteiger partial charge in [0.1, 0.15) is 5.75 Å². The van der Waals surface area contributed by atoms with Crippen molar-refractivity contribution in [2.24, 2.45) is 5.73 Å². The van der Waals surface area contributed by atoms with Crippen LogP contribution in [0.2, 0.25) is 0 Å².